The van der Waals surface area contributed by atoms with E-state index < -0.39 is 0 Å². The molecule has 1 aliphatic heterocycles. The number of piperidine rings is 1. The Morgan fingerprint density at radius 2 is 1.88 bits per heavy atom. The summed E-state index contributed by atoms with van der Waals surface area (Å²) in [7, 11) is 0. The first-order chi connectivity index (χ1) is 11.5. The zero-order valence-corrected chi connectivity index (χ0v) is 14.6. The van der Waals surface area contributed by atoms with E-state index in [1.54, 1.807) is 12.1 Å². The lowest BCUT2D eigenvalue weighted by atomic mass is 9.92. The number of nitrogens with zero attached hydrogens (tertiary/aromatic N) is 1. The van der Waals surface area contributed by atoms with Crippen LogP contribution in [0.25, 0.3) is 21.1 Å². The van der Waals surface area contributed by atoms with E-state index in [0.29, 0.717) is 27.7 Å². The smallest absolute Gasteiger partial charge is 0.345 e. The Morgan fingerprint density at radius 3 is 2.62 bits per heavy atom. The predicted molar refractivity (Wildman–Crippen MR) is 96.7 cm³/mol. The Labute approximate surface area is 143 Å². The van der Waals surface area contributed by atoms with Crippen molar-refractivity contribution in [3.05, 3.63) is 45.6 Å². The highest BCUT2D eigenvalue weighted by molar-refractivity contribution is 7.21. The summed E-state index contributed by atoms with van der Waals surface area (Å²) in [5, 5.41) is 1.39. The molecule has 2 unspecified atom stereocenters. The molecule has 0 aliphatic carbocycles. The zero-order chi connectivity index (χ0) is 16.8. The van der Waals surface area contributed by atoms with E-state index in [1.807, 2.05) is 23.1 Å². The number of rotatable bonds is 1. The summed E-state index contributed by atoms with van der Waals surface area (Å²) in [6, 6.07) is 9.16. The Morgan fingerprint density at radius 1 is 1.17 bits per heavy atom. The fraction of sp³-hybridized carbons (Fsp3) is 0.368. The average molecular weight is 341 g/mol. The molecule has 1 fully saturated rings. The third kappa shape index (κ3) is 2.53. The van der Waals surface area contributed by atoms with Crippen LogP contribution in [0.15, 0.2) is 39.5 Å². The first-order valence-corrected chi connectivity index (χ1v) is 9.09. The number of thiophene rings is 1. The summed E-state index contributed by atoms with van der Waals surface area (Å²) in [4.78, 5) is 27.7. The van der Waals surface area contributed by atoms with Gasteiger partial charge in [0.2, 0.25) is 0 Å². The van der Waals surface area contributed by atoms with Crippen LogP contribution in [0, 0.1) is 11.8 Å². The molecule has 24 heavy (non-hydrogen) atoms. The van der Waals surface area contributed by atoms with Crippen LogP contribution in [0.3, 0.4) is 0 Å². The number of carbonyl (C=O) groups is 1. The van der Waals surface area contributed by atoms with Gasteiger partial charge in [-0.05, 0) is 36.5 Å². The van der Waals surface area contributed by atoms with Gasteiger partial charge < -0.3 is 9.32 Å². The molecule has 4 nitrogen and oxygen atoms in total. The van der Waals surface area contributed by atoms with E-state index in [1.165, 1.54) is 11.3 Å². The molecule has 0 radical (unpaired) electrons. The van der Waals surface area contributed by atoms with E-state index in [2.05, 4.69) is 13.8 Å². The molecule has 4 rings (SSSR count). The van der Waals surface area contributed by atoms with Crippen LogP contribution in [0.5, 0.6) is 0 Å². The van der Waals surface area contributed by atoms with Crippen molar-refractivity contribution in [3.8, 4) is 0 Å². The first-order valence-electron chi connectivity index (χ1n) is 8.27. The van der Waals surface area contributed by atoms with E-state index >= 15 is 0 Å². The van der Waals surface area contributed by atoms with Gasteiger partial charge in [0.1, 0.15) is 5.58 Å². The van der Waals surface area contributed by atoms with Crippen LogP contribution in [-0.4, -0.2) is 23.9 Å². The number of likely N-dealkylation sites (tertiary alicyclic amines) is 1. The van der Waals surface area contributed by atoms with Crippen molar-refractivity contribution >= 4 is 38.3 Å². The minimum Gasteiger partial charge on any atom is -0.422 e. The molecule has 0 N–H and O–H groups in total. The van der Waals surface area contributed by atoms with E-state index in [9.17, 15) is 9.59 Å². The Balaban J connectivity index is 1.80. The number of para-hydroxylation sites is 1. The van der Waals surface area contributed by atoms with Gasteiger partial charge in [0.05, 0.1) is 15.0 Å². The third-order valence-corrected chi connectivity index (χ3v) is 5.81. The van der Waals surface area contributed by atoms with Crippen LogP contribution in [0.1, 0.15) is 29.9 Å². The second-order valence-corrected chi connectivity index (χ2v) is 7.95. The van der Waals surface area contributed by atoms with Crippen LogP contribution >= 0.6 is 11.3 Å². The molecule has 0 saturated carbocycles. The number of carbonyl (C=O) groups excluding carboxylic acids is 1. The normalized spacial score (nSPS) is 21.5. The standard InChI is InChI=1S/C19H19NO3S/c1-11-7-12(2)10-20(9-11)18(21)16-8-14-17(24-16)13-5-3-4-6-15(13)23-19(14)22/h3-6,8,11-12H,7,9-10H2,1-2H3. The average Bonchev–Trinajstić information content (AvgIpc) is 2.99. The SMILES string of the molecule is CC1CC(C)CN(C(=O)c2cc3c(=O)oc4ccccc4c3s2)C1. The Bertz CT molecular complexity index is 977. The van der Waals surface area contributed by atoms with Crippen molar-refractivity contribution in [1.82, 2.24) is 4.90 Å². The molecule has 5 heteroatoms. The van der Waals surface area contributed by atoms with Gasteiger partial charge in [-0.2, -0.15) is 0 Å². The summed E-state index contributed by atoms with van der Waals surface area (Å²) >= 11 is 1.39. The monoisotopic (exact) mass is 341 g/mol. The quantitative estimate of drug-likeness (QED) is 0.626. The van der Waals surface area contributed by atoms with Gasteiger partial charge >= 0.3 is 5.63 Å². The molecule has 1 amide bonds. The molecule has 1 aromatic carbocycles. The number of benzene rings is 1. The van der Waals surface area contributed by atoms with E-state index in [4.69, 9.17) is 4.42 Å². The third-order valence-electron chi connectivity index (χ3n) is 4.65. The molecule has 2 atom stereocenters. The van der Waals surface area contributed by atoms with Crippen molar-refractivity contribution in [2.45, 2.75) is 20.3 Å². The molecular formula is C19H19NO3S. The van der Waals surface area contributed by atoms with Gasteiger partial charge in [0.15, 0.2) is 0 Å². The highest BCUT2D eigenvalue weighted by atomic mass is 32.1. The number of hydrogen-bond acceptors (Lipinski definition) is 4. The molecule has 1 aliphatic rings. The van der Waals surface area contributed by atoms with Crippen molar-refractivity contribution < 1.29 is 9.21 Å². The van der Waals surface area contributed by atoms with Gasteiger partial charge in [-0.3, -0.25) is 4.79 Å². The maximum atomic E-state index is 12.9. The second-order valence-electron chi connectivity index (χ2n) is 6.90. The second kappa shape index (κ2) is 5.74. The van der Waals surface area contributed by atoms with Crippen molar-refractivity contribution in [3.63, 3.8) is 0 Å². The lowest BCUT2D eigenvalue weighted by molar-refractivity contribution is 0.0628. The topological polar surface area (TPSA) is 50.5 Å². The summed E-state index contributed by atoms with van der Waals surface area (Å²) in [6.45, 7) is 5.94. The zero-order valence-electron chi connectivity index (χ0n) is 13.7. The van der Waals surface area contributed by atoms with Crippen molar-refractivity contribution in [2.24, 2.45) is 11.8 Å². The molecular weight excluding hydrogens is 322 g/mol. The highest BCUT2D eigenvalue weighted by Gasteiger charge is 2.27. The Kier molecular flexibility index (Phi) is 3.68. The molecule has 1 saturated heterocycles. The van der Waals surface area contributed by atoms with E-state index in [-0.39, 0.29) is 11.5 Å². The number of amides is 1. The first kappa shape index (κ1) is 15.4. The molecule has 0 spiro atoms. The maximum Gasteiger partial charge on any atom is 0.345 e. The lowest BCUT2D eigenvalue weighted by Crippen LogP contribution is -2.42. The summed E-state index contributed by atoms with van der Waals surface area (Å²) in [5.74, 6) is 1.05. The lowest BCUT2D eigenvalue weighted by Gasteiger charge is -2.34. The predicted octanol–water partition coefficient (Wildman–Crippen LogP) is 4.13. The highest BCUT2D eigenvalue weighted by Crippen LogP contribution is 2.32. The maximum absolute atomic E-state index is 12.9. The Hall–Kier alpha value is -2.14. The van der Waals surface area contributed by atoms with Gasteiger partial charge in [-0.25, -0.2) is 4.79 Å². The van der Waals surface area contributed by atoms with Gasteiger partial charge in [-0.1, -0.05) is 26.0 Å². The van der Waals surface area contributed by atoms with Crippen LogP contribution in [0.2, 0.25) is 0 Å². The summed E-state index contributed by atoms with van der Waals surface area (Å²) in [6.07, 6.45) is 1.16. The minimum absolute atomic E-state index is 0.0260. The van der Waals surface area contributed by atoms with Gasteiger partial charge in [0.25, 0.3) is 5.91 Å². The van der Waals surface area contributed by atoms with Crippen LogP contribution in [-0.2, 0) is 0 Å². The van der Waals surface area contributed by atoms with Gasteiger partial charge in [-0.15, -0.1) is 11.3 Å². The fourth-order valence-electron chi connectivity index (χ4n) is 3.73. The minimum atomic E-state index is -0.376. The molecule has 3 heterocycles. The van der Waals surface area contributed by atoms with Crippen molar-refractivity contribution in [1.29, 1.82) is 0 Å². The number of hydrogen-bond donors (Lipinski definition) is 0. The fourth-order valence-corrected chi connectivity index (χ4v) is 4.87. The largest absolute Gasteiger partial charge is 0.422 e. The van der Waals surface area contributed by atoms with E-state index in [0.717, 1.165) is 29.6 Å². The van der Waals surface area contributed by atoms with Crippen LogP contribution < -0.4 is 5.63 Å². The molecule has 0 bridgehead atoms. The summed E-state index contributed by atoms with van der Waals surface area (Å²) in [5.41, 5.74) is 0.190. The van der Waals surface area contributed by atoms with Crippen LogP contribution in [0.4, 0.5) is 0 Å². The van der Waals surface area contributed by atoms with Gasteiger partial charge in [0, 0.05) is 18.5 Å². The molecule has 3 aromatic rings. The van der Waals surface area contributed by atoms with Crippen molar-refractivity contribution in [2.75, 3.05) is 13.1 Å². The molecule has 2 aromatic heterocycles. The number of fused-ring (bicyclic) bond motifs is 3. The summed E-state index contributed by atoms with van der Waals surface area (Å²) < 4.78 is 6.21. The molecule has 124 valence electrons.